The van der Waals surface area contributed by atoms with Crippen molar-refractivity contribution in [1.29, 1.82) is 0 Å². The molecule has 0 bridgehead atoms. The van der Waals surface area contributed by atoms with Gasteiger partial charge in [0.15, 0.2) is 0 Å². The van der Waals surface area contributed by atoms with E-state index in [0.717, 1.165) is 0 Å². The standard InChI is InChI=1S/C17H27NO/c1-13(14-6-4-8-16(19)12-14)18-15-7-5-10-17(2,3)11-9-15/h4,6,8,12-13,15,18-19H,5,7,9-11H2,1-3H3. The molecule has 0 aliphatic heterocycles. The normalized spacial score (nSPS) is 24.7. The molecule has 106 valence electrons. The smallest absolute Gasteiger partial charge is 0.115 e. The number of hydrogen-bond donors (Lipinski definition) is 2. The Morgan fingerprint density at radius 3 is 2.79 bits per heavy atom. The van der Waals surface area contributed by atoms with Crippen molar-refractivity contribution < 1.29 is 5.11 Å². The summed E-state index contributed by atoms with van der Waals surface area (Å²) in [6.45, 7) is 6.95. The summed E-state index contributed by atoms with van der Waals surface area (Å²) in [6.07, 6.45) is 6.49. The van der Waals surface area contributed by atoms with E-state index < -0.39 is 0 Å². The highest BCUT2D eigenvalue weighted by Gasteiger charge is 2.25. The molecule has 0 amide bonds. The summed E-state index contributed by atoms with van der Waals surface area (Å²) in [4.78, 5) is 0. The minimum absolute atomic E-state index is 0.304. The van der Waals surface area contributed by atoms with Crippen LogP contribution in [0.3, 0.4) is 0 Å². The molecule has 0 spiro atoms. The van der Waals surface area contributed by atoms with Crippen molar-refractivity contribution in [1.82, 2.24) is 5.32 Å². The van der Waals surface area contributed by atoms with E-state index in [9.17, 15) is 5.11 Å². The zero-order valence-electron chi connectivity index (χ0n) is 12.4. The first kappa shape index (κ1) is 14.4. The summed E-state index contributed by atoms with van der Waals surface area (Å²) in [5, 5.41) is 13.3. The highest BCUT2D eigenvalue weighted by molar-refractivity contribution is 5.29. The lowest BCUT2D eigenvalue weighted by Crippen LogP contribution is -2.31. The topological polar surface area (TPSA) is 32.3 Å². The van der Waals surface area contributed by atoms with Gasteiger partial charge in [0.2, 0.25) is 0 Å². The molecule has 2 unspecified atom stereocenters. The maximum Gasteiger partial charge on any atom is 0.115 e. The van der Waals surface area contributed by atoms with Crippen molar-refractivity contribution in [3.8, 4) is 5.75 Å². The van der Waals surface area contributed by atoms with Crippen LogP contribution in [0.4, 0.5) is 0 Å². The van der Waals surface area contributed by atoms with Crippen LogP contribution in [0.2, 0.25) is 0 Å². The van der Waals surface area contributed by atoms with Crippen LogP contribution >= 0.6 is 0 Å². The molecule has 2 atom stereocenters. The van der Waals surface area contributed by atoms with Crippen molar-refractivity contribution >= 4 is 0 Å². The Labute approximate surface area is 117 Å². The van der Waals surface area contributed by atoms with Gasteiger partial charge in [0.1, 0.15) is 5.75 Å². The van der Waals surface area contributed by atoms with Crippen molar-refractivity contribution in [2.75, 3.05) is 0 Å². The van der Waals surface area contributed by atoms with Gasteiger partial charge in [-0.3, -0.25) is 0 Å². The molecular formula is C17H27NO. The van der Waals surface area contributed by atoms with Gasteiger partial charge < -0.3 is 10.4 Å². The molecule has 19 heavy (non-hydrogen) atoms. The SMILES string of the molecule is CC(NC1CCCC(C)(C)CC1)c1cccc(O)c1. The van der Waals surface area contributed by atoms with Crippen molar-refractivity contribution in [2.24, 2.45) is 5.41 Å². The Morgan fingerprint density at radius 1 is 1.26 bits per heavy atom. The van der Waals surface area contributed by atoms with Crippen LogP contribution in [0.15, 0.2) is 24.3 Å². The van der Waals surface area contributed by atoms with E-state index in [2.05, 4.69) is 32.2 Å². The lowest BCUT2D eigenvalue weighted by atomic mass is 9.85. The first-order valence-corrected chi connectivity index (χ1v) is 7.51. The highest BCUT2D eigenvalue weighted by atomic mass is 16.3. The van der Waals surface area contributed by atoms with Crippen molar-refractivity contribution in [3.63, 3.8) is 0 Å². The first-order valence-electron chi connectivity index (χ1n) is 7.51. The van der Waals surface area contributed by atoms with Gasteiger partial charge in [-0.2, -0.15) is 0 Å². The maximum absolute atomic E-state index is 9.55. The molecule has 0 heterocycles. The Morgan fingerprint density at radius 2 is 2.05 bits per heavy atom. The van der Waals surface area contributed by atoms with Crippen LogP contribution < -0.4 is 5.32 Å². The number of aromatic hydroxyl groups is 1. The minimum atomic E-state index is 0.304. The predicted molar refractivity (Wildman–Crippen MR) is 80.3 cm³/mol. The van der Waals surface area contributed by atoms with E-state index in [1.807, 2.05) is 12.1 Å². The molecule has 1 aromatic rings. The van der Waals surface area contributed by atoms with Gasteiger partial charge in [-0.05, 0) is 55.7 Å². The van der Waals surface area contributed by atoms with Gasteiger partial charge in [0.25, 0.3) is 0 Å². The first-order chi connectivity index (χ1) is 8.96. The Hall–Kier alpha value is -1.02. The zero-order valence-corrected chi connectivity index (χ0v) is 12.4. The second-order valence-electron chi connectivity index (χ2n) is 6.78. The van der Waals surface area contributed by atoms with Crippen LogP contribution in [0, 0.1) is 5.41 Å². The Bertz CT molecular complexity index is 413. The van der Waals surface area contributed by atoms with Crippen LogP contribution in [0.1, 0.15) is 64.5 Å². The third kappa shape index (κ3) is 4.24. The fourth-order valence-corrected chi connectivity index (χ4v) is 3.07. The van der Waals surface area contributed by atoms with E-state index in [4.69, 9.17) is 0 Å². The molecule has 0 saturated heterocycles. The molecule has 1 saturated carbocycles. The lowest BCUT2D eigenvalue weighted by molar-refractivity contribution is 0.307. The largest absolute Gasteiger partial charge is 0.508 e. The summed E-state index contributed by atoms with van der Waals surface area (Å²) in [5.41, 5.74) is 1.67. The number of phenols is 1. The molecule has 1 aliphatic rings. The van der Waals surface area contributed by atoms with E-state index in [0.29, 0.717) is 23.2 Å². The summed E-state index contributed by atoms with van der Waals surface area (Å²) in [5.74, 6) is 0.355. The lowest BCUT2D eigenvalue weighted by Gasteiger charge is -2.24. The summed E-state index contributed by atoms with van der Waals surface area (Å²) in [6, 6.07) is 8.50. The second kappa shape index (κ2) is 5.96. The van der Waals surface area contributed by atoms with Gasteiger partial charge in [-0.1, -0.05) is 32.4 Å². The number of phenolic OH excluding ortho intramolecular Hbond substituents is 1. The third-order valence-corrected chi connectivity index (χ3v) is 4.43. The van der Waals surface area contributed by atoms with E-state index >= 15 is 0 Å². The molecule has 0 radical (unpaired) electrons. The minimum Gasteiger partial charge on any atom is -0.508 e. The van der Waals surface area contributed by atoms with Gasteiger partial charge in [-0.25, -0.2) is 0 Å². The summed E-state index contributed by atoms with van der Waals surface area (Å²) in [7, 11) is 0. The molecule has 2 heteroatoms. The molecule has 2 nitrogen and oxygen atoms in total. The Balaban J connectivity index is 1.93. The fourth-order valence-electron chi connectivity index (χ4n) is 3.07. The van der Waals surface area contributed by atoms with E-state index in [1.54, 1.807) is 6.07 Å². The van der Waals surface area contributed by atoms with Gasteiger partial charge in [-0.15, -0.1) is 0 Å². The van der Waals surface area contributed by atoms with Gasteiger partial charge in [0.05, 0.1) is 0 Å². The van der Waals surface area contributed by atoms with E-state index in [-0.39, 0.29) is 0 Å². The zero-order chi connectivity index (χ0) is 13.9. The fraction of sp³-hybridized carbons (Fsp3) is 0.647. The van der Waals surface area contributed by atoms with Gasteiger partial charge >= 0.3 is 0 Å². The van der Waals surface area contributed by atoms with Crippen LogP contribution in [0.25, 0.3) is 0 Å². The van der Waals surface area contributed by atoms with Gasteiger partial charge in [0, 0.05) is 12.1 Å². The molecule has 1 aliphatic carbocycles. The molecule has 1 aromatic carbocycles. The Kier molecular flexibility index (Phi) is 4.51. The number of rotatable bonds is 3. The average molecular weight is 261 g/mol. The maximum atomic E-state index is 9.55. The quantitative estimate of drug-likeness (QED) is 0.790. The number of benzene rings is 1. The molecule has 0 aromatic heterocycles. The highest BCUT2D eigenvalue weighted by Crippen LogP contribution is 2.34. The van der Waals surface area contributed by atoms with Crippen LogP contribution in [-0.2, 0) is 0 Å². The third-order valence-electron chi connectivity index (χ3n) is 4.43. The average Bonchev–Trinajstić information content (AvgIpc) is 2.51. The molecule has 2 rings (SSSR count). The second-order valence-corrected chi connectivity index (χ2v) is 6.78. The number of hydrogen-bond acceptors (Lipinski definition) is 2. The van der Waals surface area contributed by atoms with Crippen molar-refractivity contribution in [3.05, 3.63) is 29.8 Å². The predicted octanol–water partition coefficient (Wildman–Crippen LogP) is 4.40. The molecular weight excluding hydrogens is 234 g/mol. The summed E-state index contributed by atoms with van der Waals surface area (Å²) < 4.78 is 0. The van der Waals surface area contributed by atoms with E-state index in [1.165, 1.54) is 37.7 Å². The number of nitrogens with one attached hydrogen (secondary N) is 1. The van der Waals surface area contributed by atoms with Crippen molar-refractivity contribution in [2.45, 2.75) is 65.0 Å². The summed E-state index contributed by atoms with van der Waals surface area (Å²) >= 11 is 0. The molecule has 1 fully saturated rings. The van der Waals surface area contributed by atoms with Crippen LogP contribution in [-0.4, -0.2) is 11.1 Å². The van der Waals surface area contributed by atoms with Crippen LogP contribution in [0.5, 0.6) is 5.75 Å². The monoisotopic (exact) mass is 261 g/mol. The molecule has 2 N–H and O–H groups in total.